The molecule has 2 N–H and O–H groups in total. The zero-order valence-electron chi connectivity index (χ0n) is 11.5. The predicted molar refractivity (Wildman–Crippen MR) is 81.3 cm³/mol. The van der Waals surface area contributed by atoms with Crippen LogP contribution in [0.1, 0.15) is 5.56 Å². The van der Waals surface area contributed by atoms with E-state index in [4.69, 9.17) is 4.74 Å². The van der Waals surface area contributed by atoms with Crippen LogP contribution in [0.5, 0.6) is 5.88 Å². The third-order valence-corrected chi connectivity index (χ3v) is 2.80. The average molecular weight is 296 g/mol. The number of rotatable bonds is 5. The van der Waals surface area contributed by atoms with Crippen LogP contribution in [0.3, 0.4) is 0 Å². The lowest BCUT2D eigenvalue weighted by Gasteiger charge is -2.10. The van der Waals surface area contributed by atoms with E-state index < -0.39 is 0 Å². The minimum absolute atomic E-state index is 0. The van der Waals surface area contributed by atoms with Gasteiger partial charge in [-0.3, -0.25) is 4.79 Å². The highest BCUT2D eigenvalue weighted by Crippen LogP contribution is 2.21. The largest absolute Gasteiger partial charge is 0.481 e. The van der Waals surface area contributed by atoms with Gasteiger partial charge in [0.05, 0.1) is 19.2 Å². The van der Waals surface area contributed by atoms with Gasteiger partial charge in [0, 0.05) is 18.0 Å². The van der Waals surface area contributed by atoms with Crippen molar-refractivity contribution in [3.05, 3.63) is 35.9 Å². The molecule has 0 aliphatic rings. The van der Waals surface area contributed by atoms with Gasteiger partial charge in [0.15, 0.2) is 0 Å². The fraction of sp³-hybridized carbons (Fsp3) is 0.286. The van der Waals surface area contributed by atoms with Gasteiger partial charge in [-0.25, -0.2) is 4.98 Å². The highest BCUT2D eigenvalue weighted by atomic mass is 35.5. The standard InChI is InChI=1S/C14H17N3O2.ClH/c1-15-9-13(18)16-8-10-7-14(19-2)17-12-6-4-3-5-11(10)12;/h3-7,15H,8-9H2,1-2H3,(H,16,18);1H. The van der Waals surface area contributed by atoms with Gasteiger partial charge in [-0.15, -0.1) is 12.4 Å². The Bertz CT molecular complexity index is 590. The van der Waals surface area contributed by atoms with Gasteiger partial charge in [-0.1, -0.05) is 18.2 Å². The minimum atomic E-state index is -0.0395. The second-order valence-electron chi connectivity index (χ2n) is 4.15. The number of nitrogens with one attached hydrogen (secondary N) is 2. The molecule has 1 heterocycles. The van der Waals surface area contributed by atoms with Crippen LogP contribution < -0.4 is 15.4 Å². The molecule has 0 bridgehead atoms. The number of carbonyl (C=O) groups is 1. The van der Waals surface area contributed by atoms with E-state index in [1.54, 1.807) is 14.2 Å². The third kappa shape index (κ3) is 3.82. The third-order valence-electron chi connectivity index (χ3n) is 2.80. The number of benzene rings is 1. The van der Waals surface area contributed by atoms with E-state index in [1.165, 1.54) is 0 Å². The number of ether oxygens (including phenoxy) is 1. The van der Waals surface area contributed by atoms with Gasteiger partial charge in [-0.05, 0) is 18.7 Å². The van der Waals surface area contributed by atoms with Crippen molar-refractivity contribution in [3.8, 4) is 5.88 Å². The van der Waals surface area contributed by atoms with E-state index in [0.717, 1.165) is 16.5 Å². The van der Waals surface area contributed by atoms with Gasteiger partial charge < -0.3 is 15.4 Å². The first-order chi connectivity index (χ1) is 9.24. The van der Waals surface area contributed by atoms with Crippen LogP contribution >= 0.6 is 12.4 Å². The van der Waals surface area contributed by atoms with E-state index in [9.17, 15) is 4.79 Å². The van der Waals surface area contributed by atoms with Crippen LogP contribution in [-0.2, 0) is 11.3 Å². The van der Waals surface area contributed by atoms with Gasteiger partial charge in [-0.2, -0.15) is 0 Å². The summed E-state index contributed by atoms with van der Waals surface area (Å²) in [5.41, 5.74) is 1.85. The summed E-state index contributed by atoms with van der Waals surface area (Å²) in [7, 11) is 3.32. The van der Waals surface area contributed by atoms with Crippen molar-refractivity contribution in [2.24, 2.45) is 0 Å². The van der Waals surface area contributed by atoms with Gasteiger partial charge in [0.1, 0.15) is 0 Å². The molecule has 0 atom stereocenters. The first-order valence-electron chi connectivity index (χ1n) is 6.08. The molecule has 5 nitrogen and oxygen atoms in total. The highest BCUT2D eigenvalue weighted by molar-refractivity contribution is 5.85. The van der Waals surface area contributed by atoms with E-state index in [2.05, 4.69) is 15.6 Å². The molecule has 2 rings (SSSR count). The van der Waals surface area contributed by atoms with Gasteiger partial charge in [0.2, 0.25) is 11.8 Å². The zero-order valence-corrected chi connectivity index (χ0v) is 12.3. The molecule has 0 spiro atoms. The van der Waals surface area contributed by atoms with Gasteiger partial charge in [0.25, 0.3) is 0 Å². The fourth-order valence-corrected chi connectivity index (χ4v) is 1.89. The number of likely N-dealkylation sites (N-methyl/N-ethyl adjacent to an activating group) is 1. The number of aromatic nitrogens is 1. The molecule has 0 aliphatic carbocycles. The maximum Gasteiger partial charge on any atom is 0.234 e. The summed E-state index contributed by atoms with van der Waals surface area (Å²) in [5.74, 6) is 0.513. The number of para-hydroxylation sites is 1. The van der Waals surface area contributed by atoms with Crippen LogP contribution in [0.2, 0.25) is 0 Å². The number of halogens is 1. The topological polar surface area (TPSA) is 63.2 Å². The normalized spacial score (nSPS) is 9.90. The molecule has 108 valence electrons. The Kier molecular flexibility index (Phi) is 6.21. The summed E-state index contributed by atoms with van der Waals surface area (Å²) in [6, 6.07) is 9.65. The number of fused-ring (bicyclic) bond motifs is 1. The fourth-order valence-electron chi connectivity index (χ4n) is 1.89. The molecule has 0 saturated carbocycles. The molecule has 2 aromatic rings. The van der Waals surface area contributed by atoms with Crippen LogP contribution in [0.15, 0.2) is 30.3 Å². The van der Waals surface area contributed by atoms with Crippen molar-refractivity contribution >= 4 is 29.2 Å². The molecular formula is C14H18ClN3O2. The number of nitrogens with zero attached hydrogens (tertiary/aromatic N) is 1. The molecule has 1 aromatic carbocycles. The first-order valence-corrected chi connectivity index (χ1v) is 6.08. The zero-order chi connectivity index (χ0) is 13.7. The van der Waals surface area contributed by atoms with Crippen LogP contribution in [-0.4, -0.2) is 31.6 Å². The SMILES string of the molecule is CNCC(=O)NCc1cc(OC)nc2ccccc12.Cl. The Morgan fingerprint density at radius 3 is 2.80 bits per heavy atom. The summed E-state index contributed by atoms with van der Waals surface area (Å²) >= 11 is 0. The van der Waals surface area contributed by atoms with Gasteiger partial charge >= 0.3 is 0 Å². The van der Waals surface area contributed by atoms with Crippen molar-refractivity contribution in [1.82, 2.24) is 15.6 Å². The Balaban J connectivity index is 0.00000200. The van der Waals surface area contributed by atoms with E-state index in [1.807, 2.05) is 30.3 Å². The number of pyridine rings is 1. The number of methoxy groups -OCH3 is 1. The lowest BCUT2D eigenvalue weighted by Crippen LogP contribution is -2.31. The first kappa shape index (κ1) is 16.2. The molecule has 20 heavy (non-hydrogen) atoms. The molecule has 0 saturated heterocycles. The van der Waals surface area contributed by atoms with Crippen LogP contribution in [0.25, 0.3) is 10.9 Å². The van der Waals surface area contributed by atoms with Crippen molar-refractivity contribution in [3.63, 3.8) is 0 Å². The summed E-state index contributed by atoms with van der Waals surface area (Å²) in [6.07, 6.45) is 0. The van der Waals surface area contributed by atoms with E-state index in [-0.39, 0.29) is 18.3 Å². The Morgan fingerprint density at radius 1 is 1.35 bits per heavy atom. The Hall–Kier alpha value is -1.85. The summed E-state index contributed by atoms with van der Waals surface area (Å²) in [6.45, 7) is 0.764. The summed E-state index contributed by atoms with van der Waals surface area (Å²) < 4.78 is 5.18. The molecule has 0 fully saturated rings. The monoisotopic (exact) mass is 295 g/mol. The minimum Gasteiger partial charge on any atom is -0.481 e. The van der Waals surface area contributed by atoms with E-state index in [0.29, 0.717) is 19.0 Å². The second-order valence-corrected chi connectivity index (χ2v) is 4.15. The van der Waals surface area contributed by atoms with Crippen molar-refractivity contribution in [2.45, 2.75) is 6.54 Å². The average Bonchev–Trinajstić information content (AvgIpc) is 2.44. The Morgan fingerprint density at radius 2 is 2.10 bits per heavy atom. The summed E-state index contributed by atoms with van der Waals surface area (Å²) in [4.78, 5) is 15.9. The van der Waals surface area contributed by atoms with Crippen LogP contribution in [0, 0.1) is 0 Å². The van der Waals surface area contributed by atoms with Crippen molar-refractivity contribution in [1.29, 1.82) is 0 Å². The molecule has 0 unspecified atom stereocenters. The smallest absolute Gasteiger partial charge is 0.234 e. The highest BCUT2D eigenvalue weighted by Gasteiger charge is 2.07. The molecule has 1 amide bonds. The number of amides is 1. The lowest BCUT2D eigenvalue weighted by molar-refractivity contribution is -0.120. The Labute approximate surface area is 124 Å². The molecule has 0 aliphatic heterocycles. The van der Waals surface area contributed by atoms with Crippen molar-refractivity contribution < 1.29 is 9.53 Å². The summed E-state index contributed by atoms with van der Waals surface area (Å²) in [5, 5.41) is 6.69. The van der Waals surface area contributed by atoms with Crippen molar-refractivity contribution in [2.75, 3.05) is 20.7 Å². The lowest BCUT2D eigenvalue weighted by atomic mass is 10.1. The number of hydrogen-bond donors (Lipinski definition) is 2. The number of hydrogen-bond acceptors (Lipinski definition) is 4. The molecule has 1 aromatic heterocycles. The maximum atomic E-state index is 11.5. The molecule has 6 heteroatoms. The predicted octanol–water partition coefficient (Wildman–Crippen LogP) is 1.50. The van der Waals surface area contributed by atoms with E-state index >= 15 is 0 Å². The quantitative estimate of drug-likeness (QED) is 0.877. The number of carbonyl (C=O) groups excluding carboxylic acids is 1. The van der Waals surface area contributed by atoms with Crippen LogP contribution in [0.4, 0.5) is 0 Å². The molecule has 0 radical (unpaired) electrons. The maximum absolute atomic E-state index is 11.5. The molecular weight excluding hydrogens is 278 g/mol. The second kappa shape index (κ2) is 7.67.